The number of hydrogen-bond donors (Lipinski definition) is 0. The molecule has 14 heavy (non-hydrogen) atoms. The van der Waals surface area contributed by atoms with Gasteiger partial charge >= 0.3 is 5.69 Å². The first-order valence-electron chi connectivity index (χ1n) is 3.38. The third-order valence-electron chi connectivity index (χ3n) is 1.41. The summed E-state index contributed by atoms with van der Waals surface area (Å²) in [4.78, 5) is 9.73. The van der Waals surface area contributed by atoms with E-state index in [4.69, 9.17) is 23.2 Å². The van der Waals surface area contributed by atoms with Crippen molar-refractivity contribution in [3.8, 4) is 5.75 Å². The summed E-state index contributed by atoms with van der Waals surface area (Å²) in [6.07, 6.45) is 0. The van der Waals surface area contributed by atoms with E-state index in [9.17, 15) is 14.5 Å². The third kappa shape index (κ3) is 2.24. The molecule has 0 aromatic heterocycles. The Morgan fingerprint density at radius 2 is 2.00 bits per heavy atom. The predicted molar refractivity (Wildman–Crippen MR) is 49.7 cm³/mol. The van der Waals surface area contributed by atoms with Gasteiger partial charge in [-0.25, -0.2) is 4.39 Å². The molecule has 0 aliphatic carbocycles. The zero-order valence-electron chi connectivity index (χ0n) is 6.67. The highest BCUT2D eigenvalue weighted by atomic mass is 35.5. The van der Waals surface area contributed by atoms with Crippen LogP contribution in [-0.4, -0.2) is 11.8 Å². The van der Waals surface area contributed by atoms with Gasteiger partial charge in [-0.05, 0) is 0 Å². The molecule has 0 bridgehead atoms. The quantitative estimate of drug-likeness (QED) is 0.602. The van der Waals surface area contributed by atoms with Crippen molar-refractivity contribution in [2.45, 2.75) is 0 Å². The number of nitro benzene ring substituents is 1. The molecule has 0 fully saturated rings. The molecule has 0 heterocycles. The van der Waals surface area contributed by atoms with Crippen LogP contribution < -0.4 is 4.74 Å². The molecule has 0 spiro atoms. The van der Waals surface area contributed by atoms with Gasteiger partial charge in [-0.2, -0.15) is 0 Å². The van der Waals surface area contributed by atoms with Crippen molar-refractivity contribution in [3.63, 3.8) is 0 Å². The van der Waals surface area contributed by atoms with Crippen molar-refractivity contribution in [3.05, 3.63) is 32.3 Å². The third-order valence-corrected chi connectivity index (χ3v) is 2.13. The Morgan fingerprint density at radius 1 is 1.43 bits per heavy atom. The van der Waals surface area contributed by atoms with Crippen molar-refractivity contribution in [1.29, 1.82) is 0 Å². The van der Waals surface area contributed by atoms with E-state index in [1.807, 2.05) is 0 Å². The summed E-state index contributed by atoms with van der Waals surface area (Å²) >= 11 is 11.1. The maximum absolute atomic E-state index is 11.8. The molecule has 0 N–H and O–H groups in total. The van der Waals surface area contributed by atoms with Gasteiger partial charge in [0.2, 0.25) is 12.6 Å². The molecule has 7 heteroatoms. The Balaban J connectivity index is 3.24. The molecule has 0 atom stereocenters. The molecule has 0 radical (unpaired) electrons. The van der Waals surface area contributed by atoms with Gasteiger partial charge in [0, 0.05) is 12.1 Å². The lowest BCUT2D eigenvalue weighted by Gasteiger charge is -2.03. The molecule has 0 unspecified atom stereocenters. The van der Waals surface area contributed by atoms with Crippen LogP contribution in [0.25, 0.3) is 0 Å². The van der Waals surface area contributed by atoms with Crippen LogP contribution in [0.2, 0.25) is 10.0 Å². The number of ether oxygens (including phenoxy) is 1. The van der Waals surface area contributed by atoms with Crippen LogP contribution in [0.1, 0.15) is 0 Å². The molecule has 0 amide bonds. The number of hydrogen-bond acceptors (Lipinski definition) is 3. The summed E-state index contributed by atoms with van der Waals surface area (Å²) in [5.41, 5.74) is -0.419. The van der Waals surface area contributed by atoms with Crippen LogP contribution >= 0.6 is 23.2 Å². The molecule has 4 nitrogen and oxygen atoms in total. The summed E-state index contributed by atoms with van der Waals surface area (Å²) in [5.74, 6) is -0.244. The zero-order valence-corrected chi connectivity index (χ0v) is 8.18. The highest BCUT2D eigenvalue weighted by molar-refractivity contribution is 6.42. The Labute approximate surface area is 88.3 Å². The second-order valence-electron chi connectivity index (χ2n) is 2.24. The lowest BCUT2D eigenvalue weighted by atomic mass is 10.3. The van der Waals surface area contributed by atoms with Gasteiger partial charge < -0.3 is 4.74 Å². The fourth-order valence-electron chi connectivity index (χ4n) is 0.835. The summed E-state index contributed by atoms with van der Waals surface area (Å²) in [5, 5.41) is 10.5. The Morgan fingerprint density at radius 3 is 2.50 bits per heavy atom. The van der Waals surface area contributed by atoms with Gasteiger partial charge in [0.05, 0.1) is 15.0 Å². The SMILES string of the molecule is O=[N+]([O-])c1cc(Cl)c(Cl)cc1OCF. The van der Waals surface area contributed by atoms with E-state index in [2.05, 4.69) is 4.74 Å². The molecule has 1 aromatic carbocycles. The largest absolute Gasteiger partial charge is 0.456 e. The standard InChI is InChI=1S/C7H4Cl2FNO3/c8-4-1-6(11(12)13)7(14-3-10)2-5(4)9/h1-2H,3H2. The van der Waals surface area contributed by atoms with E-state index in [1.54, 1.807) is 0 Å². The zero-order chi connectivity index (χ0) is 10.7. The predicted octanol–water partition coefficient (Wildman–Crippen LogP) is 3.21. The smallest absolute Gasteiger partial charge is 0.312 e. The number of halogens is 3. The molecule has 0 saturated heterocycles. The summed E-state index contributed by atoms with van der Waals surface area (Å²) < 4.78 is 16.2. The summed E-state index contributed by atoms with van der Waals surface area (Å²) in [6.45, 7) is -1.17. The molecule has 1 rings (SSSR count). The van der Waals surface area contributed by atoms with E-state index in [0.717, 1.165) is 12.1 Å². The van der Waals surface area contributed by atoms with Crippen molar-refractivity contribution in [2.75, 3.05) is 6.86 Å². The summed E-state index contributed by atoms with van der Waals surface area (Å²) in [7, 11) is 0. The normalized spacial score (nSPS) is 9.93. The lowest BCUT2D eigenvalue weighted by Crippen LogP contribution is -1.96. The highest BCUT2D eigenvalue weighted by Gasteiger charge is 2.18. The Hall–Kier alpha value is -1.07. The molecular weight excluding hydrogens is 236 g/mol. The fraction of sp³-hybridized carbons (Fsp3) is 0.143. The van der Waals surface area contributed by atoms with Crippen LogP contribution in [0.15, 0.2) is 12.1 Å². The topological polar surface area (TPSA) is 52.4 Å². The monoisotopic (exact) mass is 239 g/mol. The van der Waals surface area contributed by atoms with Crippen LogP contribution in [0, 0.1) is 10.1 Å². The molecule has 0 aliphatic rings. The Bertz CT molecular complexity index is 372. The minimum absolute atomic E-state index is 0.0181. The minimum atomic E-state index is -1.17. The van der Waals surface area contributed by atoms with E-state index in [-0.39, 0.29) is 15.8 Å². The van der Waals surface area contributed by atoms with Crippen molar-refractivity contribution < 1.29 is 14.1 Å². The molecule has 1 aromatic rings. The van der Waals surface area contributed by atoms with Crippen LogP contribution in [0.5, 0.6) is 5.75 Å². The van der Waals surface area contributed by atoms with Gasteiger partial charge in [-0.3, -0.25) is 10.1 Å². The van der Waals surface area contributed by atoms with E-state index in [1.165, 1.54) is 0 Å². The van der Waals surface area contributed by atoms with Crippen molar-refractivity contribution >= 4 is 28.9 Å². The number of alkyl halides is 1. The molecule has 0 aliphatic heterocycles. The van der Waals surface area contributed by atoms with E-state index < -0.39 is 17.5 Å². The number of nitro groups is 1. The highest BCUT2D eigenvalue weighted by Crippen LogP contribution is 2.35. The molecular formula is C7H4Cl2FNO3. The van der Waals surface area contributed by atoms with Gasteiger partial charge in [0.1, 0.15) is 0 Å². The first kappa shape index (κ1) is 11.0. The van der Waals surface area contributed by atoms with Crippen LogP contribution in [0.4, 0.5) is 10.1 Å². The maximum Gasteiger partial charge on any atom is 0.312 e. The average molecular weight is 240 g/mol. The van der Waals surface area contributed by atoms with Gasteiger partial charge in [-0.15, -0.1) is 0 Å². The summed E-state index contributed by atoms with van der Waals surface area (Å²) in [6, 6.07) is 2.11. The minimum Gasteiger partial charge on any atom is -0.456 e. The van der Waals surface area contributed by atoms with E-state index in [0.29, 0.717) is 0 Å². The fourth-order valence-corrected chi connectivity index (χ4v) is 1.15. The average Bonchev–Trinajstić information content (AvgIpc) is 2.11. The van der Waals surface area contributed by atoms with Gasteiger partial charge in [0.15, 0.2) is 0 Å². The van der Waals surface area contributed by atoms with Crippen molar-refractivity contribution in [2.24, 2.45) is 0 Å². The van der Waals surface area contributed by atoms with Crippen molar-refractivity contribution in [1.82, 2.24) is 0 Å². The molecule has 0 saturated carbocycles. The van der Waals surface area contributed by atoms with Crippen LogP contribution in [-0.2, 0) is 0 Å². The molecule has 76 valence electrons. The van der Waals surface area contributed by atoms with Gasteiger partial charge in [0.25, 0.3) is 0 Å². The van der Waals surface area contributed by atoms with Crippen LogP contribution in [0.3, 0.4) is 0 Å². The number of benzene rings is 1. The lowest BCUT2D eigenvalue weighted by molar-refractivity contribution is -0.386. The maximum atomic E-state index is 11.8. The first-order valence-corrected chi connectivity index (χ1v) is 4.14. The first-order chi connectivity index (χ1) is 6.56. The van der Waals surface area contributed by atoms with E-state index >= 15 is 0 Å². The second kappa shape index (κ2) is 4.43. The number of nitrogens with zero attached hydrogens (tertiary/aromatic N) is 1. The Kier molecular flexibility index (Phi) is 3.49. The second-order valence-corrected chi connectivity index (χ2v) is 3.06. The van der Waals surface area contributed by atoms with Gasteiger partial charge in [-0.1, -0.05) is 23.2 Å². The number of rotatable bonds is 3.